The van der Waals surface area contributed by atoms with Gasteiger partial charge in [0, 0.05) is 18.0 Å². The van der Waals surface area contributed by atoms with Crippen molar-refractivity contribution in [1.82, 2.24) is 10.5 Å². The summed E-state index contributed by atoms with van der Waals surface area (Å²) in [5.74, 6) is -0.506. The third-order valence-corrected chi connectivity index (χ3v) is 3.44. The summed E-state index contributed by atoms with van der Waals surface area (Å²) in [6.45, 7) is 0. The van der Waals surface area contributed by atoms with Crippen molar-refractivity contribution >= 4 is 12.0 Å². The highest BCUT2D eigenvalue weighted by atomic mass is 16.5. The van der Waals surface area contributed by atoms with Gasteiger partial charge in [0.25, 0.3) is 5.91 Å². The molecule has 1 aliphatic rings. The van der Waals surface area contributed by atoms with E-state index >= 15 is 0 Å². The number of benzene rings is 1. The van der Waals surface area contributed by atoms with Crippen molar-refractivity contribution < 1.29 is 10.0 Å². The van der Waals surface area contributed by atoms with Crippen molar-refractivity contribution in [3.8, 4) is 11.1 Å². The maximum Gasteiger partial charge on any atom is 0.276 e. The summed E-state index contributed by atoms with van der Waals surface area (Å²) < 4.78 is 0. The first-order valence-electron chi connectivity index (χ1n) is 6.21. The lowest BCUT2D eigenvalue weighted by Crippen LogP contribution is -2.18. The molecule has 0 aliphatic heterocycles. The SMILES string of the molecule is O=C(NO)c1c[nH]cc1-c1cccc2c1C=CCC2. The van der Waals surface area contributed by atoms with Crippen LogP contribution in [0.25, 0.3) is 17.2 Å². The van der Waals surface area contributed by atoms with Crippen LogP contribution in [-0.2, 0) is 6.42 Å². The summed E-state index contributed by atoms with van der Waals surface area (Å²) in [4.78, 5) is 14.6. The van der Waals surface area contributed by atoms with Crippen molar-refractivity contribution in [2.75, 3.05) is 0 Å². The molecular weight excluding hydrogens is 240 g/mol. The second-order valence-corrected chi connectivity index (χ2v) is 4.54. The Balaban J connectivity index is 2.16. The minimum Gasteiger partial charge on any atom is -0.366 e. The van der Waals surface area contributed by atoms with Crippen molar-refractivity contribution in [2.45, 2.75) is 12.8 Å². The Hall–Kier alpha value is -2.33. The zero-order chi connectivity index (χ0) is 13.2. The van der Waals surface area contributed by atoms with Gasteiger partial charge in [0.05, 0.1) is 5.56 Å². The van der Waals surface area contributed by atoms with Crippen molar-refractivity contribution in [2.24, 2.45) is 0 Å². The quantitative estimate of drug-likeness (QED) is 0.570. The fourth-order valence-electron chi connectivity index (χ4n) is 2.54. The molecule has 1 aromatic carbocycles. The number of aromatic nitrogens is 1. The van der Waals surface area contributed by atoms with Gasteiger partial charge in [-0.2, -0.15) is 0 Å². The van der Waals surface area contributed by atoms with Crippen LogP contribution in [-0.4, -0.2) is 16.1 Å². The van der Waals surface area contributed by atoms with Gasteiger partial charge in [-0.25, -0.2) is 5.48 Å². The van der Waals surface area contributed by atoms with Gasteiger partial charge in [-0.1, -0.05) is 30.4 Å². The van der Waals surface area contributed by atoms with E-state index in [2.05, 4.69) is 23.2 Å². The molecule has 0 saturated carbocycles. The molecule has 1 aromatic heterocycles. The van der Waals surface area contributed by atoms with Crippen molar-refractivity contribution in [1.29, 1.82) is 0 Å². The van der Waals surface area contributed by atoms with E-state index < -0.39 is 5.91 Å². The highest BCUT2D eigenvalue weighted by molar-refractivity contribution is 6.01. The number of allylic oxidation sites excluding steroid dienone is 1. The normalized spacial score (nSPS) is 13.1. The van der Waals surface area contributed by atoms with Gasteiger partial charge in [0.1, 0.15) is 0 Å². The fraction of sp³-hybridized carbons (Fsp3) is 0.133. The average Bonchev–Trinajstić information content (AvgIpc) is 2.95. The number of carbonyl (C=O) groups is 1. The Morgan fingerprint density at radius 2 is 2.16 bits per heavy atom. The Morgan fingerprint density at radius 1 is 1.26 bits per heavy atom. The van der Waals surface area contributed by atoms with E-state index in [1.54, 1.807) is 17.9 Å². The van der Waals surface area contributed by atoms with E-state index in [4.69, 9.17) is 5.21 Å². The summed E-state index contributed by atoms with van der Waals surface area (Å²) in [5, 5.41) is 8.79. The molecule has 96 valence electrons. The number of nitrogens with one attached hydrogen (secondary N) is 2. The van der Waals surface area contributed by atoms with E-state index in [0.717, 1.165) is 29.5 Å². The minimum atomic E-state index is -0.506. The summed E-state index contributed by atoms with van der Waals surface area (Å²) >= 11 is 0. The van der Waals surface area contributed by atoms with Gasteiger partial charge in [-0.3, -0.25) is 10.0 Å². The number of H-pyrrole nitrogens is 1. The highest BCUT2D eigenvalue weighted by Gasteiger charge is 2.17. The van der Waals surface area contributed by atoms with Gasteiger partial charge in [0.2, 0.25) is 0 Å². The van der Waals surface area contributed by atoms with Crippen molar-refractivity contribution in [3.63, 3.8) is 0 Å². The molecule has 19 heavy (non-hydrogen) atoms. The molecular formula is C15H14N2O2. The first-order valence-corrected chi connectivity index (χ1v) is 6.21. The van der Waals surface area contributed by atoms with Crippen LogP contribution in [0.4, 0.5) is 0 Å². The number of hydrogen-bond acceptors (Lipinski definition) is 2. The predicted octanol–water partition coefficient (Wildman–Crippen LogP) is 2.76. The lowest BCUT2D eigenvalue weighted by molar-refractivity contribution is 0.0707. The van der Waals surface area contributed by atoms with Crippen LogP contribution in [0.15, 0.2) is 36.7 Å². The maximum absolute atomic E-state index is 11.6. The van der Waals surface area contributed by atoms with Crippen LogP contribution in [0.2, 0.25) is 0 Å². The second-order valence-electron chi connectivity index (χ2n) is 4.54. The standard InChI is InChI=1S/C15H14N2O2/c18-15(17-19)14-9-16-8-13(14)12-7-3-5-10-4-1-2-6-11(10)12/h2-3,5-9,16,19H,1,4H2,(H,17,18). The Bertz CT molecular complexity index is 656. The van der Waals surface area contributed by atoms with Crippen LogP contribution in [0, 0.1) is 0 Å². The zero-order valence-corrected chi connectivity index (χ0v) is 10.3. The van der Waals surface area contributed by atoms with Crippen LogP contribution >= 0.6 is 0 Å². The summed E-state index contributed by atoms with van der Waals surface area (Å²) in [6, 6.07) is 6.10. The Labute approximate surface area is 110 Å². The van der Waals surface area contributed by atoms with E-state index in [1.807, 2.05) is 12.1 Å². The molecule has 3 rings (SSSR count). The highest BCUT2D eigenvalue weighted by Crippen LogP contribution is 2.32. The number of aryl methyl sites for hydroxylation is 1. The molecule has 0 atom stereocenters. The number of fused-ring (bicyclic) bond motifs is 1. The number of hydroxylamine groups is 1. The lowest BCUT2D eigenvalue weighted by atomic mass is 9.89. The van der Waals surface area contributed by atoms with Gasteiger partial charge < -0.3 is 4.98 Å². The largest absolute Gasteiger partial charge is 0.366 e. The first kappa shape index (κ1) is 11.7. The molecule has 0 bridgehead atoms. The number of amides is 1. The zero-order valence-electron chi connectivity index (χ0n) is 10.3. The van der Waals surface area contributed by atoms with Crippen molar-refractivity contribution in [3.05, 3.63) is 53.4 Å². The van der Waals surface area contributed by atoms with Gasteiger partial charge in [0.15, 0.2) is 0 Å². The van der Waals surface area contributed by atoms with E-state index in [-0.39, 0.29) is 0 Å². The summed E-state index contributed by atoms with van der Waals surface area (Å²) in [6.07, 6.45) is 9.68. The van der Waals surface area contributed by atoms with E-state index in [0.29, 0.717) is 5.56 Å². The van der Waals surface area contributed by atoms with Crippen LogP contribution in [0.3, 0.4) is 0 Å². The summed E-state index contributed by atoms with van der Waals surface area (Å²) in [5.41, 5.74) is 6.37. The Kier molecular flexibility index (Phi) is 2.93. The molecule has 4 heteroatoms. The predicted molar refractivity (Wildman–Crippen MR) is 72.8 cm³/mol. The molecule has 0 unspecified atom stereocenters. The first-order chi connectivity index (χ1) is 9.31. The lowest BCUT2D eigenvalue weighted by Gasteiger charge is -2.15. The van der Waals surface area contributed by atoms with E-state index in [9.17, 15) is 4.79 Å². The van der Waals surface area contributed by atoms with Crippen LogP contribution < -0.4 is 5.48 Å². The van der Waals surface area contributed by atoms with Gasteiger partial charge in [-0.15, -0.1) is 0 Å². The number of rotatable bonds is 2. The Morgan fingerprint density at radius 3 is 3.00 bits per heavy atom. The third kappa shape index (κ3) is 1.96. The topological polar surface area (TPSA) is 65.1 Å². The van der Waals surface area contributed by atoms with Gasteiger partial charge in [-0.05, 0) is 29.5 Å². The van der Waals surface area contributed by atoms with Crippen LogP contribution in [0.5, 0.6) is 0 Å². The number of hydrogen-bond donors (Lipinski definition) is 3. The molecule has 0 saturated heterocycles. The molecule has 3 N–H and O–H groups in total. The maximum atomic E-state index is 11.6. The molecule has 0 spiro atoms. The van der Waals surface area contributed by atoms with E-state index in [1.165, 1.54) is 5.56 Å². The molecule has 0 radical (unpaired) electrons. The minimum absolute atomic E-state index is 0.440. The fourth-order valence-corrected chi connectivity index (χ4v) is 2.54. The monoisotopic (exact) mass is 254 g/mol. The number of carbonyl (C=O) groups excluding carboxylic acids is 1. The van der Waals surface area contributed by atoms with Gasteiger partial charge >= 0.3 is 0 Å². The molecule has 1 aliphatic carbocycles. The van der Waals surface area contributed by atoms with Crippen LogP contribution in [0.1, 0.15) is 27.9 Å². The molecule has 1 heterocycles. The average molecular weight is 254 g/mol. The molecule has 4 nitrogen and oxygen atoms in total. The second kappa shape index (κ2) is 4.74. The molecule has 2 aromatic rings. The third-order valence-electron chi connectivity index (χ3n) is 3.44. The smallest absolute Gasteiger partial charge is 0.276 e. The summed E-state index contributed by atoms with van der Waals surface area (Å²) in [7, 11) is 0. The molecule has 0 fully saturated rings. The molecule has 1 amide bonds. The number of aromatic amines is 1.